The molecular weight excluding hydrogens is 394 g/mol. The Kier molecular flexibility index (Phi) is 4.47. The third-order valence-corrected chi connectivity index (χ3v) is 5.28. The number of hydrogen-bond acceptors (Lipinski definition) is 4. The molecule has 0 bridgehead atoms. The number of fused-ring (bicyclic) bond motifs is 1. The lowest BCUT2D eigenvalue weighted by atomic mass is 10.1. The van der Waals surface area contributed by atoms with Gasteiger partial charge in [0, 0.05) is 22.0 Å². The molecule has 24 heavy (non-hydrogen) atoms. The van der Waals surface area contributed by atoms with Crippen molar-refractivity contribution in [2.45, 2.75) is 12.7 Å². The Morgan fingerprint density at radius 2 is 1.79 bits per heavy atom. The predicted molar refractivity (Wildman–Crippen MR) is 97.6 cm³/mol. The molecule has 7 heteroatoms. The van der Waals surface area contributed by atoms with E-state index in [2.05, 4.69) is 20.7 Å². The average Bonchev–Trinajstić information content (AvgIpc) is 2.48. The molecule has 2 aromatic carbocycles. The molecule has 0 atom stereocenters. The molecule has 0 amide bonds. The Morgan fingerprint density at radius 3 is 2.50 bits per heavy atom. The van der Waals surface area contributed by atoms with Crippen LogP contribution in [0.15, 0.2) is 62.2 Å². The van der Waals surface area contributed by atoms with E-state index in [0.717, 1.165) is 15.4 Å². The largest absolute Gasteiger partial charge is 0.423 e. The standard InChI is InChI=1S/C17H14BrNO4S/c1-11-8-17(20)23-16-9-14(6-7-15(11)16)19-24(21,22)10-12-2-4-13(18)5-3-12/h2-9,19H,10H2,1H3. The smallest absolute Gasteiger partial charge is 0.336 e. The summed E-state index contributed by atoms with van der Waals surface area (Å²) in [5.41, 5.74) is 1.70. The first-order chi connectivity index (χ1) is 11.3. The highest BCUT2D eigenvalue weighted by molar-refractivity contribution is 9.10. The van der Waals surface area contributed by atoms with Gasteiger partial charge >= 0.3 is 5.63 Å². The van der Waals surface area contributed by atoms with Gasteiger partial charge in [-0.3, -0.25) is 4.72 Å². The van der Waals surface area contributed by atoms with Crippen molar-refractivity contribution >= 4 is 42.6 Å². The quantitative estimate of drug-likeness (QED) is 0.667. The van der Waals surface area contributed by atoms with Gasteiger partial charge in [-0.1, -0.05) is 28.1 Å². The SMILES string of the molecule is Cc1cc(=O)oc2cc(NS(=O)(=O)Cc3ccc(Br)cc3)ccc12. The summed E-state index contributed by atoms with van der Waals surface area (Å²) in [6.07, 6.45) is 0. The van der Waals surface area contributed by atoms with Gasteiger partial charge in [0.1, 0.15) is 5.58 Å². The Hall–Kier alpha value is -2.12. The van der Waals surface area contributed by atoms with Crippen LogP contribution in [0.1, 0.15) is 11.1 Å². The third kappa shape index (κ3) is 3.85. The van der Waals surface area contributed by atoms with Gasteiger partial charge in [0.05, 0.1) is 11.4 Å². The average molecular weight is 408 g/mol. The summed E-state index contributed by atoms with van der Waals surface area (Å²) in [4.78, 5) is 11.5. The van der Waals surface area contributed by atoms with Gasteiger partial charge in [-0.25, -0.2) is 13.2 Å². The molecule has 0 unspecified atom stereocenters. The Morgan fingerprint density at radius 1 is 1.08 bits per heavy atom. The van der Waals surface area contributed by atoms with Crippen molar-refractivity contribution in [2.75, 3.05) is 4.72 Å². The molecule has 5 nitrogen and oxygen atoms in total. The van der Waals surface area contributed by atoms with Crippen LogP contribution in [0, 0.1) is 6.92 Å². The van der Waals surface area contributed by atoms with Crippen LogP contribution in [0.4, 0.5) is 5.69 Å². The number of hydrogen-bond donors (Lipinski definition) is 1. The van der Waals surface area contributed by atoms with Crippen LogP contribution < -0.4 is 10.3 Å². The molecule has 1 aromatic heterocycles. The molecule has 1 N–H and O–H groups in total. The second kappa shape index (κ2) is 6.41. The molecule has 0 aliphatic carbocycles. The van der Waals surface area contributed by atoms with Crippen molar-refractivity contribution in [3.05, 3.63) is 74.6 Å². The van der Waals surface area contributed by atoms with Crippen molar-refractivity contribution in [1.82, 2.24) is 0 Å². The van der Waals surface area contributed by atoms with Crippen molar-refractivity contribution in [3.8, 4) is 0 Å². The van der Waals surface area contributed by atoms with Gasteiger partial charge in [-0.2, -0.15) is 0 Å². The number of aryl methyl sites for hydroxylation is 1. The van der Waals surface area contributed by atoms with Crippen LogP contribution in [0.2, 0.25) is 0 Å². The number of sulfonamides is 1. The fourth-order valence-electron chi connectivity index (χ4n) is 2.40. The Bertz CT molecular complexity index is 1060. The summed E-state index contributed by atoms with van der Waals surface area (Å²) in [5, 5.41) is 0.769. The molecule has 3 aromatic rings. The Balaban J connectivity index is 1.88. The van der Waals surface area contributed by atoms with Crippen molar-refractivity contribution < 1.29 is 12.8 Å². The first-order valence-electron chi connectivity index (χ1n) is 7.12. The monoisotopic (exact) mass is 407 g/mol. The summed E-state index contributed by atoms with van der Waals surface area (Å²) in [6, 6.07) is 13.4. The van der Waals surface area contributed by atoms with E-state index in [1.54, 1.807) is 43.3 Å². The van der Waals surface area contributed by atoms with Crippen molar-refractivity contribution in [2.24, 2.45) is 0 Å². The zero-order valence-electron chi connectivity index (χ0n) is 12.7. The van der Waals surface area contributed by atoms with Gasteiger partial charge in [0.25, 0.3) is 0 Å². The molecule has 0 radical (unpaired) electrons. The maximum Gasteiger partial charge on any atom is 0.336 e. The van der Waals surface area contributed by atoms with Gasteiger partial charge in [-0.05, 0) is 42.3 Å². The van der Waals surface area contributed by atoms with E-state index >= 15 is 0 Å². The minimum Gasteiger partial charge on any atom is -0.423 e. The van der Waals surface area contributed by atoms with Crippen LogP contribution in [0.25, 0.3) is 11.0 Å². The number of nitrogens with one attached hydrogen (secondary N) is 1. The second-order valence-electron chi connectivity index (χ2n) is 5.45. The van der Waals surface area contributed by atoms with E-state index < -0.39 is 15.6 Å². The van der Waals surface area contributed by atoms with E-state index in [0.29, 0.717) is 16.8 Å². The zero-order valence-corrected chi connectivity index (χ0v) is 15.1. The fourth-order valence-corrected chi connectivity index (χ4v) is 3.86. The van der Waals surface area contributed by atoms with Gasteiger partial charge < -0.3 is 4.42 Å². The number of anilines is 1. The highest BCUT2D eigenvalue weighted by atomic mass is 79.9. The van der Waals surface area contributed by atoms with Crippen LogP contribution >= 0.6 is 15.9 Å². The predicted octanol–water partition coefficient (Wildman–Crippen LogP) is 3.81. The first kappa shape index (κ1) is 16.7. The summed E-state index contributed by atoms with van der Waals surface area (Å²) in [6.45, 7) is 1.80. The Labute approximate surface area is 147 Å². The van der Waals surface area contributed by atoms with E-state index in [9.17, 15) is 13.2 Å². The first-order valence-corrected chi connectivity index (χ1v) is 9.56. The van der Waals surface area contributed by atoms with E-state index in [-0.39, 0.29) is 5.75 Å². The topological polar surface area (TPSA) is 76.4 Å². The molecule has 0 spiro atoms. The fraction of sp³-hybridized carbons (Fsp3) is 0.118. The highest BCUT2D eigenvalue weighted by Crippen LogP contribution is 2.22. The van der Waals surface area contributed by atoms with Crippen LogP contribution in [-0.4, -0.2) is 8.42 Å². The van der Waals surface area contributed by atoms with Crippen LogP contribution in [-0.2, 0) is 15.8 Å². The molecule has 0 aliphatic heterocycles. The highest BCUT2D eigenvalue weighted by Gasteiger charge is 2.13. The van der Waals surface area contributed by atoms with Gasteiger partial charge in [-0.15, -0.1) is 0 Å². The molecule has 1 heterocycles. The van der Waals surface area contributed by atoms with Crippen LogP contribution in [0.3, 0.4) is 0 Å². The number of halogens is 1. The maximum atomic E-state index is 12.3. The molecular formula is C17H14BrNO4S. The summed E-state index contributed by atoms with van der Waals surface area (Å²) in [7, 11) is -3.57. The third-order valence-electron chi connectivity index (χ3n) is 3.49. The van der Waals surface area contributed by atoms with Gasteiger partial charge in [0.15, 0.2) is 0 Å². The number of rotatable bonds is 4. The lowest BCUT2D eigenvalue weighted by Gasteiger charge is -2.09. The second-order valence-corrected chi connectivity index (χ2v) is 8.08. The molecule has 124 valence electrons. The summed E-state index contributed by atoms with van der Waals surface area (Å²) < 4.78 is 33.1. The molecule has 0 saturated carbocycles. The van der Waals surface area contributed by atoms with Crippen LogP contribution in [0.5, 0.6) is 0 Å². The molecule has 0 fully saturated rings. The molecule has 3 rings (SSSR count). The lowest BCUT2D eigenvalue weighted by Crippen LogP contribution is -2.15. The minimum atomic E-state index is -3.57. The summed E-state index contributed by atoms with van der Waals surface area (Å²) >= 11 is 3.31. The number of benzene rings is 2. The maximum absolute atomic E-state index is 12.3. The van der Waals surface area contributed by atoms with Crippen molar-refractivity contribution in [1.29, 1.82) is 0 Å². The molecule has 0 saturated heterocycles. The lowest BCUT2D eigenvalue weighted by molar-refractivity contribution is 0.560. The zero-order chi connectivity index (χ0) is 17.3. The van der Waals surface area contributed by atoms with Crippen molar-refractivity contribution in [3.63, 3.8) is 0 Å². The molecule has 0 aliphatic rings. The van der Waals surface area contributed by atoms with E-state index in [1.807, 2.05) is 0 Å². The van der Waals surface area contributed by atoms with E-state index in [4.69, 9.17) is 4.42 Å². The van der Waals surface area contributed by atoms with E-state index in [1.165, 1.54) is 12.1 Å². The normalized spacial score (nSPS) is 11.6. The summed E-state index contributed by atoms with van der Waals surface area (Å²) in [5.74, 6) is -0.143. The van der Waals surface area contributed by atoms with Gasteiger partial charge in [0.2, 0.25) is 10.0 Å². The minimum absolute atomic E-state index is 0.143.